The molecule has 12 atom stereocenters. The Morgan fingerprint density at radius 3 is 2.00 bits per heavy atom. The summed E-state index contributed by atoms with van der Waals surface area (Å²) in [4.78, 5) is 0. The predicted molar refractivity (Wildman–Crippen MR) is 104 cm³/mol. The van der Waals surface area contributed by atoms with Crippen molar-refractivity contribution in [1.29, 1.82) is 0 Å². The number of aliphatic hydroxyl groups is 6. The highest BCUT2D eigenvalue weighted by molar-refractivity contribution is 5.11. The van der Waals surface area contributed by atoms with Crippen LogP contribution in [0.5, 0.6) is 0 Å². The Morgan fingerprint density at radius 1 is 0.839 bits per heavy atom. The summed E-state index contributed by atoms with van der Waals surface area (Å²) in [7, 11) is 0. The van der Waals surface area contributed by atoms with E-state index in [-0.39, 0.29) is 23.5 Å². The molecule has 31 heavy (non-hydrogen) atoms. The lowest BCUT2D eigenvalue weighted by Gasteiger charge is -2.45. The molecule has 0 aromatic rings. The van der Waals surface area contributed by atoms with Gasteiger partial charge in [0.25, 0.3) is 0 Å². The first-order valence-electron chi connectivity index (χ1n) is 11.1. The third-order valence-electron chi connectivity index (χ3n) is 8.60. The summed E-state index contributed by atoms with van der Waals surface area (Å²) in [6.07, 6.45) is -8.61. The standard InChI is InChI=1S/C21H36O10/c1-20(2)9-4-5-21(20,3)12(6-9)31-19-17(27)15(25)14(24)11(30-19)8-28-18-16(26)13(23)10(7-22)29-18/h9-19,22-27H,4-8H2,1-3H3/t9-,10+,11-,12+,13+,14-,15+,16-,17-,18-,19+,21+/m1/s1. The monoisotopic (exact) mass is 448 g/mol. The summed E-state index contributed by atoms with van der Waals surface area (Å²) in [6, 6.07) is 0. The van der Waals surface area contributed by atoms with Crippen LogP contribution in [0.3, 0.4) is 0 Å². The Bertz CT molecular complexity index is 646. The fraction of sp³-hybridized carbons (Fsp3) is 1.00. The highest BCUT2D eigenvalue weighted by Gasteiger charge is 2.63. The average molecular weight is 449 g/mol. The van der Waals surface area contributed by atoms with E-state index < -0.39 is 61.9 Å². The van der Waals surface area contributed by atoms with Crippen LogP contribution >= 0.6 is 0 Å². The van der Waals surface area contributed by atoms with Gasteiger partial charge in [0.05, 0.1) is 19.3 Å². The Hall–Kier alpha value is -0.400. The molecule has 6 N–H and O–H groups in total. The van der Waals surface area contributed by atoms with Crippen molar-refractivity contribution in [3.63, 3.8) is 0 Å². The molecule has 0 amide bonds. The summed E-state index contributed by atoms with van der Waals surface area (Å²) < 4.78 is 22.7. The van der Waals surface area contributed by atoms with Crippen LogP contribution in [0.2, 0.25) is 0 Å². The van der Waals surface area contributed by atoms with E-state index in [4.69, 9.17) is 18.9 Å². The predicted octanol–water partition coefficient (Wildman–Crippen LogP) is -1.52. The number of hydrogen-bond acceptors (Lipinski definition) is 10. The minimum absolute atomic E-state index is 0.0784. The molecule has 4 aliphatic rings. The molecule has 0 aromatic heterocycles. The summed E-state index contributed by atoms with van der Waals surface area (Å²) in [6.45, 7) is 5.89. The molecule has 4 fully saturated rings. The second kappa shape index (κ2) is 8.43. The van der Waals surface area contributed by atoms with Crippen molar-refractivity contribution in [3.05, 3.63) is 0 Å². The van der Waals surface area contributed by atoms with E-state index in [1.54, 1.807) is 0 Å². The second-order valence-corrected chi connectivity index (χ2v) is 10.3. The lowest BCUT2D eigenvalue weighted by atomic mass is 9.70. The van der Waals surface area contributed by atoms with Crippen LogP contribution in [0.25, 0.3) is 0 Å². The Labute approximate surface area is 181 Å². The third kappa shape index (κ3) is 3.74. The van der Waals surface area contributed by atoms with Crippen LogP contribution in [-0.2, 0) is 18.9 Å². The zero-order valence-electron chi connectivity index (χ0n) is 18.2. The molecule has 10 nitrogen and oxygen atoms in total. The SMILES string of the molecule is CC1(C)[C@@H]2CC[C@@]1(C)[C@@H](O[C@@H]1O[C@H](CO[C@@H]3O[C@@H](CO)[C@H](O)[C@H]3O)[C@@H](O)[C@H](O)[C@H]1O)C2. The van der Waals surface area contributed by atoms with Gasteiger partial charge in [-0.15, -0.1) is 0 Å². The first-order chi connectivity index (χ1) is 14.5. The van der Waals surface area contributed by atoms with Gasteiger partial charge in [-0.2, -0.15) is 0 Å². The maximum Gasteiger partial charge on any atom is 0.186 e. The molecule has 2 saturated carbocycles. The van der Waals surface area contributed by atoms with Crippen LogP contribution in [-0.4, -0.2) is 105 Å². The van der Waals surface area contributed by atoms with Gasteiger partial charge in [0, 0.05) is 0 Å². The maximum atomic E-state index is 10.5. The third-order valence-corrected chi connectivity index (χ3v) is 8.60. The molecule has 10 heteroatoms. The molecule has 0 spiro atoms. The summed E-state index contributed by atoms with van der Waals surface area (Å²) in [5, 5.41) is 60.2. The van der Waals surface area contributed by atoms with Crippen LogP contribution in [0, 0.1) is 16.7 Å². The molecule has 4 rings (SSSR count). The molecule has 0 aromatic carbocycles. The van der Waals surface area contributed by atoms with E-state index in [1.807, 2.05) is 0 Å². The van der Waals surface area contributed by atoms with E-state index in [1.165, 1.54) is 0 Å². The molecule has 2 heterocycles. The lowest BCUT2D eigenvalue weighted by molar-refractivity contribution is -0.326. The molecular weight excluding hydrogens is 412 g/mol. The van der Waals surface area contributed by atoms with Crippen molar-refractivity contribution >= 4 is 0 Å². The average Bonchev–Trinajstić information content (AvgIpc) is 3.21. The van der Waals surface area contributed by atoms with Gasteiger partial charge in [-0.05, 0) is 36.0 Å². The number of rotatable bonds is 6. The Kier molecular flexibility index (Phi) is 6.46. The quantitative estimate of drug-likeness (QED) is 0.282. The van der Waals surface area contributed by atoms with Gasteiger partial charge in [0.1, 0.15) is 42.7 Å². The molecule has 0 radical (unpaired) electrons. The number of hydrogen-bond donors (Lipinski definition) is 6. The molecule has 2 bridgehead atoms. The largest absolute Gasteiger partial charge is 0.394 e. The zero-order valence-corrected chi connectivity index (χ0v) is 18.2. The van der Waals surface area contributed by atoms with E-state index in [2.05, 4.69) is 20.8 Å². The maximum absolute atomic E-state index is 10.5. The molecule has 2 aliphatic heterocycles. The molecular formula is C21H36O10. The van der Waals surface area contributed by atoms with Crippen molar-refractivity contribution in [1.82, 2.24) is 0 Å². The van der Waals surface area contributed by atoms with Gasteiger partial charge >= 0.3 is 0 Å². The number of aliphatic hydroxyl groups excluding tert-OH is 6. The van der Waals surface area contributed by atoms with Crippen molar-refractivity contribution in [2.45, 2.75) is 101 Å². The molecule has 180 valence electrons. The summed E-state index contributed by atoms with van der Waals surface area (Å²) in [5.74, 6) is 0.518. The fourth-order valence-corrected chi connectivity index (χ4v) is 5.86. The van der Waals surface area contributed by atoms with Crippen molar-refractivity contribution in [3.8, 4) is 0 Å². The molecule has 2 saturated heterocycles. The van der Waals surface area contributed by atoms with Gasteiger partial charge in [-0.25, -0.2) is 0 Å². The highest BCUT2D eigenvalue weighted by atomic mass is 16.7. The van der Waals surface area contributed by atoms with E-state index in [9.17, 15) is 30.6 Å². The van der Waals surface area contributed by atoms with Crippen molar-refractivity contribution < 1.29 is 49.6 Å². The number of ether oxygens (including phenoxy) is 4. The second-order valence-electron chi connectivity index (χ2n) is 10.3. The van der Waals surface area contributed by atoms with Crippen molar-refractivity contribution in [2.75, 3.05) is 13.2 Å². The minimum atomic E-state index is -1.50. The van der Waals surface area contributed by atoms with Crippen LogP contribution < -0.4 is 0 Å². The van der Waals surface area contributed by atoms with E-state index in [0.717, 1.165) is 19.3 Å². The molecule has 0 unspecified atom stereocenters. The molecule has 2 aliphatic carbocycles. The fourth-order valence-electron chi connectivity index (χ4n) is 5.86. The first-order valence-corrected chi connectivity index (χ1v) is 11.1. The topological polar surface area (TPSA) is 158 Å². The van der Waals surface area contributed by atoms with Crippen LogP contribution in [0.1, 0.15) is 40.0 Å². The lowest BCUT2D eigenvalue weighted by Crippen LogP contribution is -2.60. The summed E-state index contributed by atoms with van der Waals surface area (Å²) >= 11 is 0. The normalized spacial score (nSPS) is 53.9. The van der Waals surface area contributed by atoms with E-state index >= 15 is 0 Å². The van der Waals surface area contributed by atoms with Gasteiger partial charge < -0.3 is 49.6 Å². The van der Waals surface area contributed by atoms with Gasteiger partial charge in [0.15, 0.2) is 12.6 Å². The first kappa shape index (κ1) is 23.7. The van der Waals surface area contributed by atoms with Crippen LogP contribution in [0.4, 0.5) is 0 Å². The zero-order chi connectivity index (χ0) is 22.7. The smallest absolute Gasteiger partial charge is 0.186 e. The Balaban J connectivity index is 1.39. The van der Waals surface area contributed by atoms with Gasteiger partial charge in [0.2, 0.25) is 0 Å². The summed E-state index contributed by atoms with van der Waals surface area (Å²) in [5.41, 5.74) is 0.0168. The van der Waals surface area contributed by atoms with E-state index in [0.29, 0.717) is 5.92 Å². The van der Waals surface area contributed by atoms with Gasteiger partial charge in [-0.1, -0.05) is 20.8 Å². The minimum Gasteiger partial charge on any atom is -0.394 e. The van der Waals surface area contributed by atoms with Crippen molar-refractivity contribution in [2.24, 2.45) is 16.7 Å². The Morgan fingerprint density at radius 2 is 1.45 bits per heavy atom. The number of fused-ring (bicyclic) bond motifs is 2. The van der Waals surface area contributed by atoms with Gasteiger partial charge in [-0.3, -0.25) is 0 Å². The highest BCUT2D eigenvalue weighted by Crippen LogP contribution is 2.66. The van der Waals surface area contributed by atoms with Crippen LogP contribution in [0.15, 0.2) is 0 Å².